The normalized spacial score (nSPS) is 10.5. The number of carbonyl (C=O) groups excluding carboxylic acids is 1. The third-order valence-corrected chi connectivity index (χ3v) is 4.91. The van der Waals surface area contributed by atoms with E-state index in [9.17, 15) is 4.79 Å². The van der Waals surface area contributed by atoms with Crippen LogP contribution >= 0.6 is 23.1 Å². The van der Waals surface area contributed by atoms with Crippen LogP contribution in [0.2, 0.25) is 0 Å². The van der Waals surface area contributed by atoms with Gasteiger partial charge in [-0.25, -0.2) is 0 Å². The Bertz CT molecular complexity index is 616. The highest BCUT2D eigenvalue weighted by atomic mass is 32.2. The molecule has 0 aliphatic rings. The molecule has 5 nitrogen and oxygen atoms in total. The molecule has 0 unspecified atom stereocenters. The summed E-state index contributed by atoms with van der Waals surface area (Å²) in [5.74, 6) is 0.694. The highest BCUT2D eigenvalue weighted by Gasteiger charge is 2.07. The van der Waals surface area contributed by atoms with Crippen molar-refractivity contribution in [3.05, 3.63) is 29.8 Å². The number of esters is 1. The molecule has 7 heteroatoms. The monoisotopic (exact) mass is 337 g/mol. The molecule has 1 N–H and O–H groups in total. The molecule has 0 atom stereocenters. The number of para-hydroxylation sites is 1. The number of nitrogens with zero attached hydrogens (tertiary/aromatic N) is 2. The van der Waals surface area contributed by atoms with E-state index in [1.165, 1.54) is 16.9 Å². The van der Waals surface area contributed by atoms with Gasteiger partial charge in [0, 0.05) is 17.9 Å². The maximum Gasteiger partial charge on any atom is 0.305 e. The molecule has 0 radical (unpaired) electrons. The lowest BCUT2D eigenvalue weighted by atomic mass is 10.2. The van der Waals surface area contributed by atoms with Crippen LogP contribution in [-0.2, 0) is 9.53 Å². The first-order chi connectivity index (χ1) is 10.7. The maximum atomic E-state index is 11.2. The van der Waals surface area contributed by atoms with E-state index in [4.69, 9.17) is 4.74 Å². The van der Waals surface area contributed by atoms with Gasteiger partial charge in [-0.05, 0) is 31.9 Å². The zero-order valence-electron chi connectivity index (χ0n) is 12.7. The van der Waals surface area contributed by atoms with Crippen LogP contribution in [0.15, 0.2) is 28.6 Å². The smallest absolute Gasteiger partial charge is 0.305 e. The van der Waals surface area contributed by atoms with Crippen molar-refractivity contribution >= 4 is 39.9 Å². The second-order valence-electron chi connectivity index (χ2n) is 4.57. The van der Waals surface area contributed by atoms with E-state index < -0.39 is 0 Å². The lowest BCUT2D eigenvalue weighted by Gasteiger charge is -2.04. The Labute approximate surface area is 138 Å². The summed E-state index contributed by atoms with van der Waals surface area (Å²) in [5.41, 5.74) is 2.21. The predicted octanol–water partition coefficient (Wildman–Crippen LogP) is 4.03. The quantitative estimate of drug-likeness (QED) is 0.446. The Morgan fingerprint density at radius 2 is 2.18 bits per heavy atom. The average Bonchev–Trinajstić information content (AvgIpc) is 2.94. The molecule has 0 aliphatic heterocycles. The van der Waals surface area contributed by atoms with Gasteiger partial charge in [-0.15, -0.1) is 10.2 Å². The van der Waals surface area contributed by atoms with E-state index in [0.29, 0.717) is 13.0 Å². The van der Waals surface area contributed by atoms with E-state index >= 15 is 0 Å². The molecular weight excluding hydrogens is 318 g/mol. The Balaban J connectivity index is 1.77. The first-order valence-electron chi connectivity index (χ1n) is 7.13. The first-order valence-corrected chi connectivity index (χ1v) is 8.94. The molecule has 1 heterocycles. The lowest BCUT2D eigenvalue weighted by molar-refractivity contribution is -0.143. The number of benzene rings is 1. The first kappa shape index (κ1) is 16.8. The van der Waals surface area contributed by atoms with Gasteiger partial charge in [-0.2, -0.15) is 0 Å². The SMILES string of the molecule is CCOC(=O)CCCSc1nnc(Nc2ccccc2C)s1. The Morgan fingerprint density at radius 1 is 1.36 bits per heavy atom. The van der Waals surface area contributed by atoms with Gasteiger partial charge in [-0.3, -0.25) is 4.79 Å². The van der Waals surface area contributed by atoms with Crippen LogP contribution in [0.5, 0.6) is 0 Å². The summed E-state index contributed by atoms with van der Waals surface area (Å²) in [6, 6.07) is 8.06. The maximum absolute atomic E-state index is 11.2. The molecule has 0 fully saturated rings. The van der Waals surface area contributed by atoms with Crippen molar-refractivity contribution in [3.63, 3.8) is 0 Å². The summed E-state index contributed by atoms with van der Waals surface area (Å²) in [4.78, 5) is 11.2. The largest absolute Gasteiger partial charge is 0.466 e. The molecule has 0 saturated heterocycles. The van der Waals surface area contributed by atoms with Crippen LogP contribution in [0.25, 0.3) is 0 Å². The van der Waals surface area contributed by atoms with Gasteiger partial charge in [0.25, 0.3) is 0 Å². The van der Waals surface area contributed by atoms with Crippen LogP contribution in [0.4, 0.5) is 10.8 Å². The van der Waals surface area contributed by atoms with E-state index in [2.05, 4.69) is 28.5 Å². The fourth-order valence-electron chi connectivity index (χ4n) is 1.76. The van der Waals surface area contributed by atoms with Crippen molar-refractivity contribution in [2.75, 3.05) is 17.7 Å². The number of hydrogen-bond acceptors (Lipinski definition) is 7. The number of carbonyl (C=O) groups is 1. The molecule has 22 heavy (non-hydrogen) atoms. The molecule has 2 rings (SSSR count). The highest BCUT2D eigenvalue weighted by molar-refractivity contribution is 8.01. The van der Waals surface area contributed by atoms with Crippen molar-refractivity contribution in [3.8, 4) is 0 Å². The van der Waals surface area contributed by atoms with Crippen LogP contribution in [-0.4, -0.2) is 28.5 Å². The summed E-state index contributed by atoms with van der Waals surface area (Å²) < 4.78 is 5.80. The number of aromatic nitrogens is 2. The van der Waals surface area contributed by atoms with Crippen LogP contribution < -0.4 is 5.32 Å². The number of rotatable bonds is 8. The van der Waals surface area contributed by atoms with Crippen molar-refractivity contribution in [2.24, 2.45) is 0 Å². The third kappa shape index (κ3) is 5.31. The molecule has 0 saturated carbocycles. The second-order valence-corrected chi connectivity index (χ2v) is 6.89. The minimum atomic E-state index is -0.137. The molecule has 1 aromatic heterocycles. The van der Waals surface area contributed by atoms with Gasteiger partial charge < -0.3 is 10.1 Å². The number of ether oxygens (including phenoxy) is 1. The molecule has 1 aromatic carbocycles. The minimum Gasteiger partial charge on any atom is -0.466 e. The zero-order valence-corrected chi connectivity index (χ0v) is 14.3. The van der Waals surface area contributed by atoms with Crippen LogP contribution in [0.1, 0.15) is 25.3 Å². The molecule has 118 valence electrons. The van der Waals surface area contributed by atoms with E-state index in [1.807, 2.05) is 25.1 Å². The number of hydrogen-bond donors (Lipinski definition) is 1. The van der Waals surface area contributed by atoms with E-state index in [0.717, 1.165) is 27.3 Å². The fraction of sp³-hybridized carbons (Fsp3) is 0.400. The van der Waals surface area contributed by atoms with Gasteiger partial charge >= 0.3 is 5.97 Å². The summed E-state index contributed by atoms with van der Waals surface area (Å²) in [6.45, 7) is 4.31. The average molecular weight is 337 g/mol. The topological polar surface area (TPSA) is 64.1 Å². The van der Waals surface area contributed by atoms with Gasteiger partial charge in [0.2, 0.25) is 5.13 Å². The third-order valence-electron chi connectivity index (χ3n) is 2.85. The van der Waals surface area contributed by atoms with Crippen molar-refractivity contribution in [1.82, 2.24) is 10.2 Å². The summed E-state index contributed by atoms with van der Waals surface area (Å²) >= 11 is 3.13. The summed E-state index contributed by atoms with van der Waals surface area (Å²) in [5, 5.41) is 12.3. The van der Waals surface area contributed by atoms with Crippen molar-refractivity contribution in [2.45, 2.75) is 31.0 Å². The molecule has 0 amide bonds. The van der Waals surface area contributed by atoms with E-state index in [-0.39, 0.29) is 5.97 Å². The molecule has 0 aliphatic carbocycles. The molecule has 0 bridgehead atoms. The molecular formula is C15H19N3O2S2. The molecule has 0 spiro atoms. The Hall–Kier alpha value is -1.60. The standard InChI is InChI=1S/C15H19N3O2S2/c1-3-20-13(19)9-6-10-21-15-18-17-14(22-15)16-12-8-5-4-7-11(12)2/h4-5,7-8H,3,6,9-10H2,1-2H3,(H,16,17). The van der Waals surface area contributed by atoms with Gasteiger partial charge in [0.15, 0.2) is 4.34 Å². The van der Waals surface area contributed by atoms with Crippen LogP contribution in [0.3, 0.4) is 0 Å². The summed E-state index contributed by atoms with van der Waals surface area (Å²) in [7, 11) is 0. The number of aryl methyl sites for hydroxylation is 1. The fourth-order valence-corrected chi connectivity index (χ4v) is 3.53. The Morgan fingerprint density at radius 3 is 2.95 bits per heavy atom. The van der Waals surface area contributed by atoms with E-state index in [1.54, 1.807) is 11.8 Å². The van der Waals surface area contributed by atoms with Crippen molar-refractivity contribution in [1.29, 1.82) is 0 Å². The van der Waals surface area contributed by atoms with Gasteiger partial charge in [0.1, 0.15) is 0 Å². The Kier molecular flexibility index (Phi) is 6.67. The number of thioether (sulfide) groups is 1. The lowest BCUT2D eigenvalue weighted by Crippen LogP contribution is -2.03. The predicted molar refractivity (Wildman–Crippen MR) is 91.0 cm³/mol. The minimum absolute atomic E-state index is 0.137. The number of anilines is 2. The van der Waals surface area contributed by atoms with Crippen molar-refractivity contribution < 1.29 is 9.53 Å². The molecule has 2 aromatic rings. The second kappa shape index (κ2) is 8.75. The van der Waals surface area contributed by atoms with Gasteiger partial charge in [-0.1, -0.05) is 41.3 Å². The summed E-state index contributed by atoms with van der Waals surface area (Å²) in [6.07, 6.45) is 1.23. The number of nitrogens with one attached hydrogen (secondary N) is 1. The zero-order chi connectivity index (χ0) is 15.8. The highest BCUT2D eigenvalue weighted by Crippen LogP contribution is 2.29. The van der Waals surface area contributed by atoms with Gasteiger partial charge in [0.05, 0.1) is 6.61 Å². The van der Waals surface area contributed by atoms with Crippen LogP contribution in [0, 0.1) is 6.92 Å².